The van der Waals surface area contributed by atoms with E-state index in [2.05, 4.69) is 10.6 Å². The summed E-state index contributed by atoms with van der Waals surface area (Å²) in [6.07, 6.45) is 4.15. The number of para-hydroxylation sites is 1. The first-order valence-corrected chi connectivity index (χ1v) is 13.4. The van der Waals surface area contributed by atoms with Crippen LogP contribution in [0.3, 0.4) is 0 Å². The average Bonchev–Trinajstić information content (AvgIpc) is 3.51. The van der Waals surface area contributed by atoms with Crippen LogP contribution in [0.25, 0.3) is 11.0 Å². The summed E-state index contributed by atoms with van der Waals surface area (Å²) in [5.74, 6) is -0.0690. The zero-order valence-corrected chi connectivity index (χ0v) is 21.7. The van der Waals surface area contributed by atoms with Gasteiger partial charge in [0.25, 0.3) is 5.91 Å². The molecular weight excluding hydrogens is 483 g/mol. The van der Waals surface area contributed by atoms with Gasteiger partial charge in [0.1, 0.15) is 11.8 Å². The molecule has 1 aromatic carbocycles. The standard InChI is InChI=1S/C27H33FN2O5S/c1-4-5-11-21(23(31)16-36-15-19-9-7-12-34-19)29-26(32)22(13-17(2)3)30-27(33)24-14-18-8-6-10-20(28)25(18)35-24/h6-10,12,14,17,21-22H,4-5,11,13,15-16H2,1-3H3,(H,29,32)(H,30,33)/t21-,22-/m0/s1. The second-order valence-electron chi connectivity index (χ2n) is 9.17. The van der Waals surface area contributed by atoms with Crippen molar-refractivity contribution in [3.05, 3.63) is 60.0 Å². The number of furan rings is 2. The number of halogens is 1. The summed E-state index contributed by atoms with van der Waals surface area (Å²) in [5, 5.41) is 6.03. The SMILES string of the molecule is CCCC[C@H](NC(=O)[C@H](CC(C)C)NC(=O)c1cc2cccc(F)c2o1)C(=O)CSCc1ccco1. The molecule has 3 aromatic rings. The van der Waals surface area contributed by atoms with Crippen molar-refractivity contribution in [1.29, 1.82) is 0 Å². The monoisotopic (exact) mass is 516 g/mol. The van der Waals surface area contributed by atoms with Gasteiger partial charge in [-0.2, -0.15) is 0 Å². The normalized spacial score (nSPS) is 13.0. The van der Waals surface area contributed by atoms with E-state index in [-0.39, 0.29) is 28.8 Å². The van der Waals surface area contributed by atoms with Crippen molar-refractivity contribution in [1.82, 2.24) is 10.6 Å². The highest BCUT2D eigenvalue weighted by atomic mass is 32.2. The molecule has 0 spiro atoms. The molecule has 2 atom stereocenters. The lowest BCUT2D eigenvalue weighted by Crippen LogP contribution is -2.52. The van der Waals surface area contributed by atoms with E-state index in [9.17, 15) is 18.8 Å². The minimum absolute atomic E-state index is 0.00946. The first kappa shape index (κ1) is 27.5. The minimum atomic E-state index is -0.872. The maximum absolute atomic E-state index is 14.0. The molecule has 9 heteroatoms. The molecular formula is C27H33FN2O5S. The molecule has 3 rings (SSSR count). The molecule has 0 aliphatic rings. The highest BCUT2D eigenvalue weighted by molar-refractivity contribution is 7.99. The molecule has 36 heavy (non-hydrogen) atoms. The third kappa shape index (κ3) is 7.71. The Kier molecular flexibility index (Phi) is 10.2. The van der Waals surface area contributed by atoms with Crippen LogP contribution in [0.15, 0.2) is 51.5 Å². The molecule has 2 amide bonds. The van der Waals surface area contributed by atoms with E-state index in [1.807, 2.05) is 26.8 Å². The van der Waals surface area contributed by atoms with Gasteiger partial charge in [-0.15, -0.1) is 11.8 Å². The molecule has 0 bridgehead atoms. The van der Waals surface area contributed by atoms with Crippen molar-refractivity contribution in [2.24, 2.45) is 5.92 Å². The third-order valence-electron chi connectivity index (χ3n) is 5.67. The molecule has 0 fully saturated rings. The maximum atomic E-state index is 14.0. The Morgan fingerprint density at radius 1 is 1.08 bits per heavy atom. The predicted octanol–water partition coefficient (Wildman–Crippen LogP) is 5.49. The number of fused-ring (bicyclic) bond motifs is 1. The summed E-state index contributed by atoms with van der Waals surface area (Å²) < 4.78 is 24.7. The van der Waals surface area contributed by atoms with E-state index < -0.39 is 29.7 Å². The van der Waals surface area contributed by atoms with Crippen LogP contribution in [0.2, 0.25) is 0 Å². The number of amides is 2. The summed E-state index contributed by atoms with van der Waals surface area (Å²) in [6, 6.07) is 8.01. The van der Waals surface area contributed by atoms with E-state index in [1.165, 1.54) is 30.0 Å². The number of benzene rings is 1. The number of hydrogen-bond donors (Lipinski definition) is 2. The van der Waals surface area contributed by atoms with Gasteiger partial charge in [-0.25, -0.2) is 4.39 Å². The lowest BCUT2D eigenvalue weighted by Gasteiger charge is -2.23. The number of carbonyl (C=O) groups excluding carboxylic acids is 3. The van der Waals surface area contributed by atoms with Crippen LogP contribution in [-0.2, 0) is 15.3 Å². The van der Waals surface area contributed by atoms with Crippen LogP contribution >= 0.6 is 11.8 Å². The summed E-state index contributed by atoms with van der Waals surface area (Å²) in [6.45, 7) is 5.90. The lowest BCUT2D eigenvalue weighted by atomic mass is 10.0. The summed E-state index contributed by atoms with van der Waals surface area (Å²) >= 11 is 1.43. The van der Waals surface area contributed by atoms with Gasteiger partial charge in [-0.1, -0.05) is 45.7 Å². The Bertz CT molecular complexity index is 1160. The minimum Gasteiger partial charge on any atom is -0.468 e. The van der Waals surface area contributed by atoms with E-state index in [1.54, 1.807) is 18.4 Å². The van der Waals surface area contributed by atoms with Gasteiger partial charge >= 0.3 is 0 Å². The highest BCUT2D eigenvalue weighted by Gasteiger charge is 2.28. The van der Waals surface area contributed by atoms with Crippen LogP contribution in [0.1, 0.15) is 62.8 Å². The first-order valence-electron chi connectivity index (χ1n) is 12.2. The number of nitrogens with one attached hydrogen (secondary N) is 2. The Hall–Kier alpha value is -3.07. The third-order valence-corrected chi connectivity index (χ3v) is 6.65. The fraction of sp³-hybridized carbons (Fsp3) is 0.444. The number of hydrogen-bond acceptors (Lipinski definition) is 6. The van der Waals surface area contributed by atoms with Crippen LogP contribution in [0, 0.1) is 11.7 Å². The molecule has 0 unspecified atom stereocenters. The van der Waals surface area contributed by atoms with Gasteiger partial charge in [0.05, 0.1) is 23.8 Å². The van der Waals surface area contributed by atoms with E-state index in [4.69, 9.17) is 8.83 Å². The van der Waals surface area contributed by atoms with Crippen molar-refractivity contribution >= 4 is 40.3 Å². The van der Waals surface area contributed by atoms with Crippen molar-refractivity contribution in [3.8, 4) is 0 Å². The molecule has 0 saturated heterocycles. The second-order valence-corrected chi connectivity index (χ2v) is 10.2. The smallest absolute Gasteiger partial charge is 0.287 e. The van der Waals surface area contributed by atoms with Crippen LogP contribution in [0.4, 0.5) is 4.39 Å². The van der Waals surface area contributed by atoms with Crippen molar-refractivity contribution in [2.75, 3.05) is 5.75 Å². The number of unbranched alkanes of at least 4 members (excludes halogenated alkanes) is 1. The maximum Gasteiger partial charge on any atom is 0.287 e. The zero-order valence-electron chi connectivity index (χ0n) is 20.8. The van der Waals surface area contributed by atoms with E-state index in [0.717, 1.165) is 18.6 Å². The van der Waals surface area contributed by atoms with Crippen molar-refractivity contribution < 1.29 is 27.6 Å². The van der Waals surface area contributed by atoms with Gasteiger partial charge in [-0.05, 0) is 43.0 Å². The largest absolute Gasteiger partial charge is 0.468 e. The molecule has 2 N–H and O–H groups in total. The number of ketones is 1. The summed E-state index contributed by atoms with van der Waals surface area (Å²) in [7, 11) is 0. The first-order chi connectivity index (χ1) is 17.3. The van der Waals surface area contributed by atoms with Gasteiger partial charge in [0.15, 0.2) is 22.9 Å². The molecule has 0 saturated carbocycles. The zero-order chi connectivity index (χ0) is 26.1. The highest BCUT2D eigenvalue weighted by Crippen LogP contribution is 2.22. The molecule has 2 heterocycles. The fourth-order valence-electron chi connectivity index (χ4n) is 3.81. The number of Topliss-reactive ketones (excluding diaryl/α,β-unsaturated/α-hetero) is 1. The van der Waals surface area contributed by atoms with Gasteiger partial charge in [0, 0.05) is 5.39 Å². The average molecular weight is 517 g/mol. The van der Waals surface area contributed by atoms with Crippen LogP contribution in [-0.4, -0.2) is 35.4 Å². The molecule has 194 valence electrons. The number of rotatable bonds is 14. The number of thioether (sulfide) groups is 1. The van der Waals surface area contributed by atoms with Crippen molar-refractivity contribution in [2.45, 2.75) is 64.3 Å². The fourth-order valence-corrected chi connectivity index (χ4v) is 4.68. The quantitative estimate of drug-likeness (QED) is 0.294. The van der Waals surface area contributed by atoms with E-state index in [0.29, 0.717) is 24.0 Å². The second kappa shape index (κ2) is 13.3. The molecule has 0 aliphatic carbocycles. The van der Waals surface area contributed by atoms with E-state index >= 15 is 0 Å². The van der Waals surface area contributed by atoms with Crippen LogP contribution < -0.4 is 10.6 Å². The predicted molar refractivity (Wildman–Crippen MR) is 138 cm³/mol. The molecule has 0 radical (unpaired) electrons. The summed E-state index contributed by atoms with van der Waals surface area (Å²) in [4.78, 5) is 39.0. The van der Waals surface area contributed by atoms with Gasteiger partial charge < -0.3 is 19.5 Å². The molecule has 2 aromatic heterocycles. The Balaban J connectivity index is 1.66. The van der Waals surface area contributed by atoms with Gasteiger partial charge in [-0.3, -0.25) is 14.4 Å². The molecule has 0 aliphatic heterocycles. The Labute approximate surface area is 214 Å². The number of carbonyl (C=O) groups is 3. The summed E-state index contributed by atoms with van der Waals surface area (Å²) in [5.41, 5.74) is -0.00946. The van der Waals surface area contributed by atoms with Gasteiger partial charge in [0.2, 0.25) is 5.91 Å². The topological polar surface area (TPSA) is 102 Å². The Morgan fingerprint density at radius 2 is 1.89 bits per heavy atom. The lowest BCUT2D eigenvalue weighted by molar-refractivity contribution is -0.128. The van der Waals surface area contributed by atoms with Crippen molar-refractivity contribution in [3.63, 3.8) is 0 Å². The van der Waals surface area contributed by atoms with Crippen LogP contribution in [0.5, 0.6) is 0 Å². The molecule has 7 nitrogen and oxygen atoms in total. The Morgan fingerprint density at radius 3 is 2.56 bits per heavy atom.